The van der Waals surface area contributed by atoms with Gasteiger partial charge in [-0.1, -0.05) is 40.5 Å². The fourth-order valence-corrected chi connectivity index (χ4v) is 1.94. The summed E-state index contributed by atoms with van der Waals surface area (Å²) >= 11 is 0. The van der Waals surface area contributed by atoms with E-state index >= 15 is 0 Å². The Balaban J connectivity index is 3.13. The van der Waals surface area contributed by atoms with Gasteiger partial charge in [-0.05, 0) is 24.0 Å². The smallest absolute Gasteiger partial charge is 0.492 e. The SMILES string of the molecule is CC[C@@H](C)COc1cc(B(O)O)c(OC[C@@H](C)CC)cc1B(O)O. The Labute approximate surface area is 144 Å². The molecule has 0 saturated carbocycles. The minimum atomic E-state index is -1.74. The van der Waals surface area contributed by atoms with E-state index in [1.807, 2.05) is 27.7 Å². The third-order valence-corrected chi connectivity index (χ3v) is 4.14. The van der Waals surface area contributed by atoms with Crippen molar-refractivity contribution < 1.29 is 29.6 Å². The Kier molecular flexibility index (Phi) is 8.62. The summed E-state index contributed by atoms with van der Waals surface area (Å²) in [7, 11) is -3.49. The zero-order valence-corrected chi connectivity index (χ0v) is 14.9. The maximum Gasteiger partial charge on any atom is 0.492 e. The first-order chi connectivity index (χ1) is 11.3. The van der Waals surface area contributed by atoms with E-state index in [0.29, 0.717) is 13.2 Å². The van der Waals surface area contributed by atoms with Gasteiger partial charge in [0, 0.05) is 10.9 Å². The molecule has 0 amide bonds. The molecule has 8 heteroatoms. The van der Waals surface area contributed by atoms with Crippen molar-refractivity contribution in [2.75, 3.05) is 13.2 Å². The summed E-state index contributed by atoms with van der Waals surface area (Å²) in [5.74, 6) is 1.00. The molecule has 1 aromatic carbocycles. The van der Waals surface area contributed by atoms with Crippen LogP contribution < -0.4 is 20.4 Å². The zero-order valence-electron chi connectivity index (χ0n) is 14.9. The molecule has 4 N–H and O–H groups in total. The molecule has 134 valence electrons. The standard InChI is InChI=1S/C16H28B2O6/c1-5-11(3)9-23-15-7-14(18(21)22)16(8-13(15)17(19)20)24-10-12(4)6-2/h7-8,11-12,19-22H,5-6,9-10H2,1-4H3/t11-,12+. The lowest BCUT2D eigenvalue weighted by atomic mass is 9.73. The maximum absolute atomic E-state index is 9.60. The van der Waals surface area contributed by atoms with Gasteiger partial charge >= 0.3 is 14.2 Å². The van der Waals surface area contributed by atoms with Gasteiger partial charge in [-0.3, -0.25) is 0 Å². The fourth-order valence-electron chi connectivity index (χ4n) is 1.94. The van der Waals surface area contributed by atoms with Crippen molar-refractivity contribution in [1.29, 1.82) is 0 Å². The maximum atomic E-state index is 9.60. The predicted octanol–water partition coefficient (Wildman–Crippen LogP) is -0.104. The highest BCUT2D eigenvalue weighted by Gasteiger charge is 2.26. The van der Waals surface area contributed by atoms with Crippen LogP contribution in [0.15, 0.2) is 12.1 Å². The number of hydrogen-bond donors (Lipinski definition) is 4. The van der Waals surface area contributed by atoms with Crippen molar-refractivity contribution in [3.63, 3.8) is 0 Å². The average Bonchev–Trinajstić information content (AvgIpc) is 2.56. The quantitative estimate of drug-likeness (QED) is 0.445. The molecule has 0 heterocycles. The van der Waals surface area contributed by atoms with Gasteiger partial charge in [-0.25, -0.2) is 0 Å². The van der Waals surface area contributed by atoms with Crippen molar-refractivity contribution >= 4 is 25.2 Å². The van der Waals surface area contributed by atoms with Gasteiger partial charge in [-0.2, -0.15) is 0 Å². The molecule has 0 aromatic heterocycles. The van der Waals surface area contributed by atoms with E-state index in [4.69, 9.17) is 9.47 Å². The minimum absolute atomic E-state index is 0.141. The van der Waals surface area contributed by atoms with Crippen LogP contribution in [0.5, 0.6) is 11.5 Å². The molecule has 0 aliphatic carbocycles. The largest absolute Gasteiger partial charge is 0.494 e. The Morgan fingerprint density at radius 3 is 1.38 bits per heavy atom. The summed E-state index contributed by atoms with van der Waals surface area (Å²) in [6, 6.07) is 2.79. The van der Waals surface area contributed by atoms with Crippen molar-refractivity contribution in [2.45, 2.75) is 40.5 Å². The molecule has 0 aliphatic rings. The Bertz CT molecular complexity index is 464. The van der Waals surface area contributed by atoms with Crippen LogP contribution in [0.25, 0.3) is 0 Å². The van der Waals surface area contributed by atoms with E-state index in [0.717, 1.165) is 12.8 Å². The van der Waals surface area contributed by atoms with Crippen molar-refractivity contribution in [3.8, 4) is 11.5 Å². The lowest BCUT2D eigenvalue weighted by molar-refractivity contribution is 0.251. The summed E-state index contributed by atoms with van der Waals surface area (Å²) < 4.78 is 11.3. The van der Waals surface area contributed by atoms with Crippen molar-refractivity contribution in [2.24, 2.45) is 11.8 Å². The van der Waals surface area contributed by atoms with E-state index in [1.54, 1.807) is 0 Å². The normalized spacial score (nSPS) is 13.3. The van der Waals surface area contributed by atoms with Crippen molar-refractivity contribution in [3.05, 3.63) is 12.1 Å². The summed E-state index contributed by atoms with van der Waals surface area (Å²) in [5, 5.41) is 38.4. The first-order valence-electron chi connectivity index (χ1n) is 8.45. The van der Waals surface area contributed by atoms with Crippen LogP contribution in [-0.4, -0.2) is 47.5 Å². The number of rotatable bonds is 10. The van der Waals surface area contributed by atoms with Crippen LogP contribution in [0, 0.1) is 11.8 Å². The van der Waals surface area contributed by atoms with Crippen LogP contribution in [-0.2, 0) is 0 Å². The van der Waals surface area contributed by atoms with Gasteiger partial charge in [0.25, 0.3) is 0 Å². The molecule has 24 heavy (non-hydrogen) atoms. The molecule has 0 saturated heterocycles. The number of ether oxygens (including phenoxy) is 2. The molecule has 0 bridgehead atoms. The van der Waals surface area contributed by atoms with Crippen molar-refractivity contribution in [1.82, 2.24) is 0 Å². The molecular weight excluding hydrogens is 310 g/mol. The predicted molar refractivity (Wildman–Crippen MR) is 96.0 cm³/mol. The molecule has 0 unspecified atom stereocenters. The zero-order chi connectivity index (χ0) is 18.3. The van der Waals surface area contributed by atoms with E-state index in [1.165, 1.54) is 12.1 Å². The highest BCUT2D eigenvalue weighted by molar-refractivity contribution is 6.62. The van der Waals surface area contributed by atoms with Gasteiger partial charge < -0.3 is 29.6 Å². The highest BCUT2D eigenvalue weighted by atomic mass is 16.5. The summed E-state index contributed by atoms with van der Waals surface area (Å²) in [4.78, 5) is 0. The van der Waals surface area contributed by atoms with Gasteiger partial charge in [0.2, 0.25) is 0 Å². The lowest BCUT2D eigenvalue weighted by Gasteiger charge is -2.19. The molecular formula is C16H28B2O6. The molecule has 2 atom stereocenters. The summed E-state index contributed by atoms with van der Waals surface area (Å²) in [5.41, 5.74) is 0.281. The second-order valence-corrected chi connectivity index (χ2v) is 6.32. The van der Waals surface area contributed by atoms with E-state index in [9.17, 15) is 20.1 Å². The fraction of sp³-hybridized carbons (Fsp3) is 0.625. The summed E-state index contributed by atoms with van der Waals surface area (Å²) in [6.45, 7) is 8.88. The number of benzene rings is 1. The van der Waals surface area contributed by atoms with Crippen LogP contribution >= 0.6 is 0 Å². The molecule has 0 fully saturated rings. The summed E-state index contributed by atoms with van der Waals surface area (Å²) in [6.07, 6.45) is 1.84. The second kappa shape index (κ2) is 9.93. The minimum Gasteiger partial charge on any atom is -0.494 e. The van der Waals surface area contributed by atoms with Crippen LogP contribution in [0.1, 0.15) is 40.5 Å². The van der Waals surface area contributed by atoms with Crippen LogP contribution in [0.4, 0.5) is 0 Å². The molecule has 1 aromatic rings. The van der Waals surface area contributed by atoms with Gasteiger partial charge in [-0.15, -0.1) is 0 Å². The van der Waals surface area contributed by atoms with Gasteiger partial charge in [0.15, 0.2) is 0 Å². The Morgan fingerprint density at radius 2 is 1.12 bits per heavy atom. The third kappa shape index (κ3) is 6.02. The molecule has 0 spiro atoms. The lowest BCUT2D eigenvalue weighted by Crippen LogP contribution is -2.38. The third-order valence-electron chi connectivity index (χ3n) is 4.14. The molecule has 1 rings (SSSR count). The molecule has 0 aliphatic heterocycles. The Hall–Kier alpha value is -1.21. The first-order valence-corrected chi connectivity index (χ1v) is 8.45. The molecule has 0 radical (unpaired) electrons. The van der Waals surface area contributed by atoms with E-state index < -0.39 is 14.2 Å². The van der Waals surface area contributed by atoms with E-state index in [2.05, 4.69) is 0 Å². The van der Waals surface area contributed by atoms with Gasteiger partial charge in [0.05, 0.1) is 13.2 Å². The van der Waals surface area contributed by atoms with Gasteiger partial charge in [0.1, 0.15) is 11.5 Å². The Morgan fingerprint density at radius 1 is 0.792 bits per heavy atom. The van der Waals surface area contributed by atoms with Crippen LogP contribution in [0.2, 0.25) is 0 Å². The topological polar surface area (TPSA) is 99.4 Å². The molecule has 6 nitrogen and oxygen atoms in total. The second-order valence-electron chi connectivity index (χ2n) is 6.32. The average molecular weight is 338 g/mol. The first kappa shape index (κ1) is 20.8. The highest BCUT2D eigenvalue weighted by Crippen LogP contribution is 2.17. The van der Waals surface area contributed by atoms with E-state index in [-0.39, 0.29) is 34.3 Å². The van der Waals surface area contributed by atoms with Crippen LogP contribution in [0.3, 0.4) is 0 Å². The number of hydrogen-bond acceptors (Lipinski definition) is 6. The monoisotopic (exact) mass is 338 g/mol.